The van der Waals surface area contributed by atoms with Crippen molar-refractivity contribution in [2.75, 3.05) is 13.2 Å². The zero-order chi connectivity index (χ0) is 32.9. The van der Waals surface area contributed by atoms with E-state index in [2.05, 4.69) is 15.2 Å². The number of carboxylic acids is 1. The van der Waals surface area contributed by atoms with Crippen LogP contribution in [0.15, 0.2) is 29.4 Å². The Kier molecular flexibility index (Phi) is 8.32. The van der Waals surface area contributed by atoms with Crippen molar-refractivity contribution in [3.8, 4) is 5.75 Å². The number of ether oxygens (including phenoxy) is 2. The molecule has 1 aromatic rings. The number of alkyl halides is 3. The van der Waals surface area contributed by atoms with E-state index in [9.17, 15) is 37.5 Å². The minimum absolute atomic E-state index is 0.0205. The lowest BCUT2D eigenvalue weighted by molar-refractivity contribution is -0.291. The van der Waals surface area contributed by atoms with Crippen molar-refractivity contribution in [1.29, 1.82) is 0 Å². The number of allylic oxidation sites excluding steroid dienone is 1. The lowest BCUT2D eigenvalue weighted by Crippen LogP contribution is -2.56. The highest BCUT2D eigenvalue weighted by molar-refractivity contribution is 6.32. The number of carbonyl (C=O) groups is 4. The molecule has 248 valence electrons. The van der Waals surface area contributed by atoms with Gasteiger partial charge in [-0.25, -0.2) is 9.59 Å². The quantitative estimate of drug-likeness (QED) is 0.411. The van der Waals surface area contributed by atoms with Gasteiger partial charge in [-0.1, -0.05) is 41.8 Å². The number of hydrogen-bond acceptors (Lipinski definition) is 8. The first kappa shape index (κ1) is 32.0. The Morgan fingerprint density at radius 2 is 2.00 bits per heavy atom. The van der Waals surface area contributed by atoms with Crippen molar-refractivity contribution in [2.24, 2.45) is 11.1 Å². The van der Waals surface area contributed by atoms with Crippen LogP contribution >= 0.6 is 11.6 Å². The van der Waals surface area contributed by atoms with Crippen LogP contribution in [-0.4, -0.2) is 82.3 Å². The number of rotatable bonds is 3. The molecule has 1 spiro atoms. The molecule has 0 radical (unpaired) electrons. The maximum Gasteiger partial charge on any atom is 0.576 e. The molecule has 4 aliphatic heterocycles. The molecule has 3 N–H and O–H groups in total. The normalized spacial score (nSPS) is 31.6. The van der Waals surface area contributed by atoms with Crippen LogP contribution in [0.2, 0.25) is 5.02 Å². The monoisotopic (exact) mass is 668 g/mol. The fourth-order valence-electron chi connectivity index (χ4n) is 6.76. The van der Waals surface area contributed by atoms with E-state index in [0.717, 1.165) is 10.5 Å². The predicted octanol–water partition coefficient (Wildman–Crippen LogP) is 3.83. The van der Waals surface area contributed by atoms with Crippen molar-refractivity contribution in [2.45, 2.75) is 87.4 Å². The summed E-state index contributed by atoms with van der Waals surface area (Å²) in [7, 11) is 0. The molecule has 3 amide bonds. The van der Waals surface area contributed by atoms with Crippen molar-refractivity contribution < 1.29 is 51.8 Å². The van der Waals surface area contributed by atoms with Crippen molar-refractivity contribution in [3.05, 3.63) is 40.4 Å². The van der Waals surface area contributed by atoms with Crippen LogP contribution in [0.4, 0.5) is 18.0 Å². The summed E-state index contributed by atoms with van der Waals surface area (Å²) in [5.74, 6) is -2.66. The van der Waals surface area contributed by atoms with Gasteiger partial charge in [0.05, 0.1) is 23.9 Å². The molecule has 1 aliphatic carbocycles. The van der Waals surface area contributed by atoms with Gasteiger partial charge in [0, 0.05) is 30.7 Å². The third kappa shape index (κ3) is 6.33. The molecule has 4 heterocycles. The standard InChI is InChI=1S/C30H32ClF3N4O8/c31-19-11-17(10-16-8-9-44-23(16)19)21-13-28(46-37-21)14-22-24(39)36-29(26(41)42)12-18(29)6-4-2-1-3-5-7-20(25(40)38(22)15-28)35-27(43)45-30(32,33)34/h4,6,10-11,18,20,22H,1-3,5,7-9,12-15H2,(H,35,43)(H,36,39)(H,41,42)/b6-4-/t18-,20+,22+,28-,29-/m1/s1. The molecule has 46 heavy (non-hydrogen) atoms. The fraction of sp³-hybridized carbons (Fsp3) is 0.567. The number of halogens is 4. The Bertz CT molecular complexity index is 1520. The Morgan fingerprint density at radius 3 is 2.76 bits per heavy atom. The van der Waals surface area contributed by atoms with Gasteiger partial charge < -0.3 is 35.0 Å². The van der Waals surface area contributed by atoms with Gasteiger partial charge in [-0.05, 0) is 43.4 Å². The van der Waals surface area contributed by atoms with E-state index >= 15 is 0 Å². The first-order valence-electron chi connectivity index (χ1n) is 15.1. The van der Waals surface area contributed by atoms with Crippen LogP contribution < -0.4 is 15.4 Å². The average Bonchev–Trinajstić information content (AvgIpc) is 3.34. The van der Waals surface area contributed by atoms with Gasteiger partial charge in [0.2, 0.25) is 11.8 Å². The fourth-order valence-corrected chi connectivity index (χ4v) is 7.05. The van der Waals surface area contributed by atoms with Crippen LogP contribution in [0.5, 0.6) is 5.75 Å². The molecule has 16 heteroatoms. The molecular formula is C30H32ClF3N4O8. The van der Waals surface area contributed by atoms with Crippen molar-refractivity contribution in [3.63, 3.8) is 0 Å². The topological polar surface area (TPSA) is 156 Å². The zero-order valence-electron chi connectivity index (χ0n) is 24.5. The minimum Gasteiger partial charge on any atom is -0.491 e. The van der Waals surface area contributed by atoms with Gasteiger partial charge in [-0.2, -0.15) is 0 Å². The molecule has 5 aliphatic rings. The van der Waals surface area contributed by atoms with Gasteiger partial charge in [0.15, 0.2) is 5.60 Å². The second kappa shape index (κ2) is 12.0. The number of hydrogen-bond donors (Lipinski definition) is 3. The van der Waals surface area contributed by atoms with Gasteiger partial charge in [-0.15, -0.1) is 13.2 Å². The van der Waals surface area contributed by atoms with Crippen LogP contribution in [0.25, 0.3) is 0 Å². The third-order valence-electron chi connectivity index (χ3n) is 9.17. The second-order valence-electron chi connectivity index (χ2n) is 12.4. The van der Waals surface area contributed by atoms with Crippen LogP contribution in [0, 0.1) is 5.92 Å². The minimum atomic E-state index is -5.27. The summed E-state index contributed by atoms with van der Waals surface area (Å²) in [6.07, 6.45) is -0.457. The van der Waals surface area contributed by atoms with Crippen molar-refractivity contribution in [1.82, 2.24) is 15.5 Å². The van der Waals surface area contributed by atoms with Gasteiger partial charge in [0.25, 0.3) is 0 Å². The SMILES string of the molecule is O=C(N[C@H]1CCCCC/C=C\[C@@H]2C[C@@]2(C(=O)O)NC(=O)[C@@H]2C[C@]3(CC(c4cc(Cl)c5c(c4)CCO5)=NO3)CN2C1=O)OC(F)(F)F. The summed E-state index contributed by atoms with van der Waals surface area (Å²) in [5, 5.41) is 19.4. The van der Waals surface area contributed by atoms with Crippen LogP contribution in [0.3, 0.4) is 0 Å². The summed E-state index contributed by atoms with van der Waals surface area (Å²) in [6, 6.07) is 0.835. The summed E-state index contributed by atoms with van der Waals surface area (Å²) in [6.45, 7) is 0.286. The maximum atomic E-state index is 14.0. The summed E-state index contributed by atoms with van der Waals surface area (Å²) >= 11 is 6.43. The van der Waals surface area contributed by atoms with E-state index in [-0.39, 0.29) is 32.2 Å². The Labute approximate surface area is 266 Å². The Morgan fingerprint density at radius 1 is 1.20 bits per heavy atom. The number of carbonyl (C=O) groups excluding carboxylic acids is 3. The molecule has 12 nitrogen and oxygen atoms in total. The largest absolute Gasteiger partial charge is 0.576 e. The van der Waals surface area contributed by atoms with Gasteiger partial charge >= 0.3 is 18.4 Å². The van der Waals surface area contributed by atoms with Crippen LogP contribution in [0.1, 0.15) is 62.5 Å². The summed E-state index contributed by atoms with van der Waals surface area (Å²) in [5.41, 5.74) is -0.709. The van der Waals surface area contributed by atoms with E-state index < -0.39 is 59.4 Å². The number of aliphatic carboxylic acids is 1. The van der Waals surface area contributed by atoms with Crippen LogP contribution in [-0.2, 0) is 30.4 Å². The van der Waals surface area contributed by atoms with E-state index in [1.54, 1.807) is 12.1 Å². The Balaban J connectivity index is 1.29. The molecule has 0 bridgehead atoms. The molecule has 0 aromatic heterocycles. The summed E-state index contributed by atoms with van der Waals surface area (Å²) < 4.78 is 47.4. The average molecular weight is 669 g/mol. The van der Waals surface area contributed by atoms with Gasteiger partial charge in [0.1, 0.15) is 23.4 Å². The Hall–Kier alpha value is -4.01. The number of fused-ring (bicyclic) bond motifs is 3. The molecule has 1 aromatic carbocycles. The number of carboxylic acid groups (broad SMARTS) is 1. The smallest absolute Gasteiger partial charge is 0.491 e. The van der Waals surface area contributed by atoms with E-state index in [4.69, 9.17) is 21.2 Å². The number of benzene rings is 1. The molecule has 2 fully saturated rings. The first-order chi connectivity index (χ1) is 21.8. The third-order valence-corrected chi connectivity index (χ3v) is 9.45. The highest BCUT2D eigenvalue weighted by Gasteiger charge is 2.62. The molecular weight excluding hydrogens is 637 g/mol. The molecule has 1 saturated carbocycles. The molecule has 5 atom stereocenters. The molecule has 6 rings (SSSR count). The lowest BCUT2D eigenvalue weighted by Gasteiger charge is -2.29. The number of amides is 3. The molecule has 1 saturated heterocycles. The highest BCUT2D eigenvalue weighted by atomic mass is 35.5. The summed E-state index contributed by atoms with van der Waals surface area (Å²) in [4.78, 5) is 59.3. The number of alkyl carbamates (subject to hydrolysis) is 1. The van der Waals surface area contributed by atoms with Gasteiger partial charge in [-0.3, -0.25) is 9.59 Å². The second-order valence-corrected chi connectivity index (χ2v) is 12.8. The van der Waals surface area contributed by atoms with Crippen molar-refractivity contribution >= 4 is 41.2 Å². The lowest BCUT2D eigenvalue weighted by atomic mass is 9.91. The maximum absolute atomic E-state index is 14.0. The first-order valence-corrected chi connectivity index (χ1v) is 15.5. The number of nitrogens with zero attached hydrogens (tertiary/aromatic N) is 2. The number of oxime groups is 1. The number of nitrogens with one attached hydrogen (secondary N) is 2. The van der Waals surface area contributed by atoms with E-state index in [1.807, 2.05) is 17.5 Å². The molecule has 0 unspecified atom stereocenters. The van der Waals surface area contributed by atoms with E-state index in [1.165, 1.54) is 0 Å². The predicted molar refractivity (Wildman–Crippen MR) is 154 cm³/mol. The zero-order valence-corrected chi connectivity index (χ0v) is 25.3. The van der Waals surface area contributed by atoms with E-state index in [0.29, 0.717) is 60.8 Å². The highest BCUT2D eigenvalue weighted by Crippen LogP contribution is 2.46.